The van der Waals surface area contributed by atoms with Gasteiger partial charge < -0.3 is 15.7 Å². The first-order chi connectivity index (χ1) is 21.8. The second-order valence-electron chi connectivity index (χ2n) is 13.5. The minimum Gasteiger partial charge on any atom is -0.392 e. The second-order valence-corrected chi connectivity index (χ2v) is 13.5. The summed E-state index contributed by atoms with van der Waals surface area (Å²) in [7, 11) is 0. The molecule has 1 amide bonds. The van der Waals surface area contributed by atoms with Gasteiger partial charge >= 0.3 is 0 Å². The number of aryl methyl sites for hydroxylation is 1. The van der Waals surface area contributed by atoms with E-state index in [1.165, 1.54) is 22.3 Å². The molecule has 0 spiro atoms. The zero-order valence-electron chi connectivity index (χ0n) is 26.7. The van der Waals surface area contributed by atoms with Gasteiger partial charge in [-0.1, -0.05) is 69.3 Å². The molecular weight excluding hydrogens is 558 g/mol. The average Bonchev–Trinajstić information content (AvgIpc) is 3.06. The second kappa shape index (κ2) is 13.6. The van der Waals surface area contributed by atoms with Crippen molar-refractivity contribution in [2.75, 3.05) is 0 Å². The van der Waals surface area contributed by atoms with E-state index in [0.29, 0.717) is 32.6 Å². The monoisotopic (exact) mass is 603 g/mol. The Morgan fingerprint density at radius 1 is 0.956 bits per heavy atom. The van der Waals surface area contributed by atoms with Crippen molar-refractivity contribution in [3.05, 3.63) is 129 Å². The van der Waals surface area contributed by atoms with Crippen LogP contribution >= 0.6 is 0 Å². The number of amides is 1. The Labute approximate surface area is 267 Å². The Bertz CT molecular complexity index is 1650. The van der Waals surface area contributed by atoms with Crippen LogP contribution in [0.15, 0.2) is 79.1 Å². The lowest BCUT2D eigenvalue weighted by molar-refractivity contribution is -0.123. The van der Waals surface area contributed by atoms with Crippen LogP contribution in [0.25, 0.3) is 0 Å². The van der Waals surface area contributed by atoms with E-state index in [1.807, 2.05) is 36.7 Å². The number of carbonyl (C=O) groups is 1. The van der Waals surface area contributed by atoms with Gasteiger partial charge in [-0.3, -0.25) is 19.7 Å². The minimum absolute atomic E-state index is 0.00115. The van der Waals surface area contributed by atoms with Gasteiger partial charge in [-0.2, -0.15) is 0 Å². The van der Waals surface area contributed by atoms with E-state index in [1.54, 1.807) is 0 Å². The number of aliphatic hydroxyl groups excluding tert-OH is 1. The molecule has 4 aromatic rings. The Morgan fingerprint density at radius 3 is 2.60 bits per heavy atom. The van der Waals surface area contributed by atoms with Gasteiger partial charge in [-0.05, 0) is 88.2 Å². The van der Waals surface area contributed by atoms with Crippen LogP contribution in [0, 0.1) is 0 Å². The number of hydrogen-bond donors (Lipinski definition) is 3. The largest absolute Gasteiger partial charge is 0.392 e. The third-order valence-electron chi connectivity index (χ3n) is 9.33. The molecule has 3 N–H and O–H groups in total. The number of carbonyl (C=O) groups excluding carboxylic acids is 1. The lowest BCUT2D eigenvalue weighted by Crippen LogP contribution is -2.47. The van der Waals surface area contributed by atoms with Gasteiger partial charge in [-0.15, -0.1) is 0 Å². The summed E-state index contributed by atoms with van der Waals surface area (Å²) in [6, 6.07) is 23.0. The Morgan fingerprint density at radius 2 is 1.78 bits per heavy atom. The van der Waals surface area contributed by atoms with Gasteiger partial charge in [0.2, 0.25) is 5.91 Å². The van der Waals surface area contributed by atoms with E-state index in [-0.39, 0.29) is 30.0 Å². The predicted molar refractivity (Wildman–Crippen MR) is 177 cm³/mol. The van der Waals surface area contributed by atoms with Crippen molar-refractivity contribution in [3.63, 3.8) is 0 Å². The van der Waals surface area contributed by atoms with Crippen LogP contribution in [0.4, 0.5) is 0 Å². The van der Waals surface area contributed by atoms with Crippen LogP contribution in [0.1, 0.15) is 90.0 Å². The van der Waals surface area contributed by atoms with E-state index in [9.17, 15) is 9.90 Å². The number of rotatable bonds is 9. The van der Waals surface area contributed by atoms with E-state index in [0.717, 1.165) is 47.3 Å². The Balaban J connectivity index is 1.20. The number of pyridine rings is 2. The van der Waals surface area contributed by atoms with E-state index < -0.39 is 0 Å². The van der Waals surface area contributed by atoms with Gasteiger partial charge in [0.15, 0.2) is 0 Å². The number of benzene rings is 2. The molecule has 2 aromatic carbocycles. The fraction of sp³-hybridized carbons (Fsp3) is 0.395. The van der Waals surface area contributed by atoms with E-state index >= 15 is 0 Å². The summed E-state index contributed by atoms with van der Waals surface area (Å²) in [5.74, 6) is -0.00115. The van der Waals surface area contributed by atoms with Crippen LogP contribution in [0.2, 0.25) is 0 Å². The highest BCUT2D eigenvalue weighted by molar-refractivity contribution is 5.82. The summed E-state index contributed by atoms with van der Waals surface area (Å²) in [6.07, 6.45) is 7.70. The molecule has 7 heteroatoms. The number of aliphatic hydroxyl groups is 1. The lowest BCUT2D eigenvalue weighted by atomic mass is 9.87. The smallest absolute Gasteiger partial charge is 0.237 e. The molecule has 1 aliphatic carbocycles. The van der Waals surface area contributed by atoms with Gasteiger partial charge in [0, 0.05) is 38.6 Å². The number of fused-ring (bicyclic) bond motifs is 2. The predicted octanol–water partition coefficient (Wildman–Crippen LogP) is 5.68. The molecule has 2 aliphatic rings. The maximum Gasteiger partial charge on any atom is 0.237 e. The molecule has 0 bridgehead atoms. The first kappa shape index (κ1) is 31.1. The molecular formula is C38H45N5O2. The summed E-state index contributed by atoms with van der Waals surface area (Å²) < 4.78 is 0. The topological polar surface area (TPSA) is 90.4 Å². The molecule has 0 fully saturated rings. The van der Waals surface area contributed by atoms with Gasteiger partial charge in [-0.25, -0.2) is 0 Å². The molecule has 6 rings (SSSR count). The molecule has 45 heavy (non-hydrogen) atoms. The van der Waals surface area contributed by atoms with Crippen LogP contribution in [0.5, 0.6) is 0 Å². The number of nitrogens with zero attached hydrogens (tertiary/aromatic N) is 3. The van der Waals surface area contributed by atoms with Crippen LogP contribution in [0.3, 0.4) is 0 Å². The summed E-state index contributed by atoms with van der Waals surface area (Å²) >= 11 is 0. The van der Waals surface area contributed by atoms with Crippen LogP contribution in [-0.2, 0) is 55.8 Å². The van der Waals surface area contributed by atoms with Crippen molar-refractivity contribution in [2.24, 2.45) is 0 Å². The Kier molecular flexibility index (Phi) is 9.40. The minimum atomic E-state index is -0.248. The summed E-state index contributed by atoms with van der Waals surface area (Å²) in [6.45, 7) is 9.09. The number of nitrogens with one attached hydrogen (secondary N) is 2. The third-order valence-corrected chi connectivity index (χ3v) is 9.33. The molecule has 0 radical (unpaired) electrons. The lowest BCUT2D eigenvalue weighted by Gasteiger charge is -2.35. The van der Waals surface area contributed by atoms with Gasteiger partial charge in [0.25, 0.3) is 0 Å². The Hall–Kier alpha value is -3.91. The molecule has 1 aliphatic heterocycles. The summed E-state index contributed by atoms with van der Waals surface area (Å²) in [4.78, 5) is 25.1. The quantitative estimate of drug-likeness (QED) is 0.228. The molecule has 7 nitrogen and oxygen atoms in total. The van der Waals surface area contributed by atoms with Crippen LogP contribution in [-0.4, -0.2) is 31.9 Å². The fourth-order valence-corrected chi connectivity index (χ4v) is 6.72. The maximum absolute atomic E-state index is 13.0. The highest BCUT2D eigenvalue weighted by atomic mass is 16.3. The molecule has 3 heterocycles. The average molecular weight is 604 g/mol. The van der Waals surface area contributed by atoms with Crippen molar-refractivity contribution in [2.45, 2.75) is 96.7 Å². The molecule has 0 saturated carbocycles. The van der Waals surface area contributed by atoms with Crippen LogP contribution < -0.4 is 10.6 Å². The van der Waals surface area contributed by atoms with E-state index in [4.69, 9.17) is 9.97 Å². The van der Waals surface area contributed by atoms with Crippen molar-refractivity contribution >= 4 is 5.91 Å². The molecule has 234 valence electrons. The highest BCUT2D eigenvalue weighted by Gasteiger charge is 2.29. The maximum atomic E-state index is 13.0. The third kappa shape index (κ3) is 7.33. The molecule has 2 aromatic heterocycles. The normalized spacial score (nSPS) is 17.9. The summed E-state index contributed by atoms with van der Waals surface area (Å²) in [5, 5.41) is 17.0. The van der Waals surface area contributed by atoms with Crippen molar-refractivity contribution in [1.29, 1.82) is 0 Å². The number of hydrogen-bond acceptors (Lipinski definition) is 6. The fourth-order valence-electron chi connectivity index (χ4n) is 6.72. The summed E-state index contributed by atoms with van der Waals surface area (Å²) in [5.41, 5.74) is 10.2. The van der Waals surface area contributed by atoms with Crippen molar-refractivity contribution in [3.8, 4) is 0 Å². The first-order valence-electron chi connectivity index (χ1n) is 16.2. The zero-order chi connectivity index (χ0) is 31.4. The van der Waals surface area contributed by atoms with Crippen molar-refractivity contribution in [1.82, 2.24) is 25.5 Å². The van der Waals surface area contributed by atoms with Gasteiger partial charge in [0.1, 0.15) is 0 Å². The van der Waals surface area contributed by atoms with E-state index in [2.05, 4.69) is 78.8 Å². The molecule has 1 unspecified atom stereocenters. The highest BCUT2D eigenvalue weighted by Crippen LogP contribution is 2.35. The van der Waals surface area contributed by atoms with Crippen molar-refractivity contribution < 1.29 is 9.90 Å². The number of aromatic nitrogens is 2. The zero-order valence-corrected chi connectivity index (χ0v) is 26.7. The SMILES string of the molecule is CC(C)(C)c1ccnc(CN(Cc2ccc(CNC(=O)C3Cc4ccccc4CN3)cc2CO)[C@H]2CCCc3cccnc32)c1. The standard InChI is InChI=1S/C38H45N5O2/c1-38(2,3)32-15-17-39-33(20-32)24-43(35-12-6-10-27-11-7-16-40-36(27)35)23-30-14-13-26(18-31(30)25-44)21-42-37(45)34-19-28-8-4-5-9-29(28)22-41-34/h4-5,7-9,11,13-18,20,34-35,41,44H,6,10,12,19,21-25H2,1-3H3,(H,42,45)/t34?,35-/m0/s1. The van der Waals surface area contributed by atoms with Gasteiger partial charge in [0.05, 0.1) is 30.1 Å². The first-order valence-corrected chi connectivity index (χ1v) is 16.2. The molecule has 2 atom stereocenters. The molecule has 0 saturated heterocycles.